The van der Waals surface area contributed by atoms with Crippen molar-refractivity contribution in [2.45, 2.75) is 30.7 Å². The van der Waals surface area contributed by atoms with Crippen molar-refractivity contribution in [3.8, 4) is 44.9 Å². The fourth-order valence-electron chi connectivity index (χ4n) is 11.3. The molecule has 0 N–H and O–H groups in total. The van der Waals surface area contributed by atoms with Crippen LogP contribution < -0.4 is 14.4 Å². The van der Waals surface area contributed by atoms with E-state index in [9.17, 15) is 0 Å². The lowest BCUT2D eigenvalue weighted by Crippen LogP contribution is -2.30. The molecule has 64 heavy (non-hydrogen) atoms. The smallest absolute Gasteiger partial charge is 0.173 e. The molecule has 8 aromatic rings. The monoisotopic (exact) mass is 821 g/mol. The Labute approximate surface area is 374 Å². The van der Waals surface area contributed by atoms with Gasteiger partial charge in [-0.25, -0.2) is 0 Å². The predicted octanol–water partition coefficient (Wildman–Crippen LogP) is 15.1. The van der Waals surface area contributed by atoms with E-state index in [1.165, 1.54) is 77.9 Å². The van der Waals surface area contributed by atoms with Gasteiger partial charge in [-0.3, -0.25) is 0 Å². The van der Waals surface area contributed by atoms with E-state index in [1.807, 2.05) is 0 Å². The Balaban J connectivity index is 0.879. The SMILES string of the molecule is C1=CC(N(c2ccc(-c3ccccc3)cc2)c2ccc3c(c2)OC2=C(O3)C3=C(CC2)C2(c4ccccc43)c3ccccc3-c3ccccc32)CC=C1c1ccccc1-c1ccccc1. The number of allylic oxidation sites excluding steroid dienone is 5. The largest absolute Gasteiger partial charge is 0.454 e. The van der Waals surface area contributed by atoms with Crippen molar-refractivity contribution in [2.24, 2.45) is 0 Å². The second-order valence-corrected chi connectivity index (χ2v) is 17.3. The molecule has 1 atom stereocenters. The molecular weight excluding hydrogens is 779 g/mol. The van der Waals surface area contributed by atoms with Crippen molar-refractivity contribution in [3.05, 3.63) is 263 Å². The van der Waals surface area contributed by atoms with Crippen molar-refractivity contribution in [3.63, 3.8) is 0 Å². The van der Waals surface area contributed by atoms with Crippen LogP contribution in [-0.2, 0) is 5.41 Å². The maximum atomic E-state index is 7.10. The Hall–Kier alpha value is -7.88. The summed E-state index contributed by atoms with van der Waals surface area (Å²) in [4.78, 5) is 2.45. The lowest BCUT2D eigenvalue weighted by atomic mass is 9.68. The van der Waals surface area contributed by atoms with Crippen LogP contribution in [0.15, 0.2) is 236 Å². The molecule has 4 aliphatic carbocycles. The lowest BCUT2D eigenvalue weighted by Gasteiger charge is -2.36. The number of anilines is 2. The van der Waals surface area contributed by atoms with E-state index in [0.29, 0.717) is 0 Å². The van der Waals surface area contributed by atoms with Gasteiger partial charge in [0, 0.05) is 29.4 Å². The molecule has 0 aromatic heterocycles. The molecule has 5 aliphatic rings. The van der Waals surface area contributed by atoms with Gasteiger partial charge in [-0.15, -0.1) is 0 Å². The molecule has 1 unspecified atom stereocenters. The third kappa shape index (κ3) is 5.53. The third-order valence-electron chi connectivity index (χ3n) is 14.0. The minimum atomic E-state index is -0.368. The van der Waals surface area contributed by atoms with Crippen LogP contribution in [0.1, 0.15) is 47.1 Å². The summed E-state index contributed by atoms with van der Waals surface area (Å²) in [6.07, 6.45) is 9.53. The zero-order chi connectivity index (χ0) is 42.2. The van der Waals surface area contributed by atoms with Crippen molar-refractivity contribution >= 4 is 22.5 Å². The molecule has 13 rings (SSSR count). The summed E-state index contributed by atoms with van der Waals surface area (Å²) in [5.41, 5.74) is 19.6. The number of fused-ring (bicyclic) bond motifs is 11. The topological polar surface area (TPSA) is 21.7 Å². The molecule has 0 saturated heterocycles. The summed E-state index contributed by atoms with van der Waals surface area (Å²) >= 11 is 0. The van der Waals surface area contributed by atoms with Gasteiger partial charge in [0.15, 0.2) is 17.3 Å². The van der Waals surface area contributed by atoms with Crippen LogP contribution in [0.2, 0.25) is 0 Å². The number of benzene rings is 8. The molecular formula is C61H43NO2. The highest BCUT2D eigenvalue weighted by Crippen LogP contribution is 2.65. The van der Waals surface area contributed by atoms with Crippen LogP contribution in [0, 0.1) is 0 Å². The number of nitrogens with zero attached hydrogens (tertiary/aromatic N) is 1. The summed E-state index contributed by atoms with van der Waals surface area (Å²) in [6.45, 7) is 0. The Morgan fingerprint density at radius 1 is 0.453 bits per heavy atom. The van der Waals surface area contributed by atoms with Crippen LogP contribution in [0.4, 0.5) is 11.4 Å². The normalized spacial score (nSPS) is 17.0. The van der Waals surface area contributed by atoms with E-state index in [4.69, 9.17) is 9.47 Å². The zero-order valence-corrected chi connectivity index (χ0v) is 35.2. The van der Waals surface area contributed by atoms with E-state index in [2.05, 4.69) is 223 Å². The van der Waals surface area contributed by atoms with Crippen LogP contribution >= 0.6 is 0 Å². The molecule has 3 nitrogen and oxygen atoms in total. The van der Waals surface area contributed by atoms with Crippen LogP contribution in [0.25, 0.3) is 44.5 Å². The summed E-state index contributed by atoms with van der Waals surface area (Å²) in [5, 5.41) is 0. The number of hydrogen-bond donors (Lipinski definition) is 0. The van der Waals surface area contributed by atoms with Crippen molar-refractivity contribution in [1.82, 2.24) is 0 Å². The average molecular weight is 822 g/mol. The van der Waals surface area contributed by atoms with Gasteiger partial charge in [0.2, 0.25) is 0 Å². The molecule has 8 aromatic carbocycles. The molecule has 0 amide bonds. The molecule has 1 heterocycles. The minimum Gasteiger partial charge on any atom is -0.454 e. The van der Waals surface area contributed by atoms with Crippen LogP contribution in [-0.4, -0.2) is 6.04 Å². The van der Waals surface area contributed by atoms with Gasteiger partial charge in [0.1, 0.15) is 5.76 Å². The van der Waals surface area contributed by atoms with E-state index >= 15 is 0 Å². The van der Waals surface area contributed by atoms with E-state index in [0.717, 1.165) is 53.7 Å². The van der Waals surface area contributed by atoms with E-state index in [-0.39, 0.29) is 11.5 Å². The predicted molar refractivity (Wildman–Crippen MR) is 260 cm³/mol. The molecule has 0 bridgehead atoms. The molecule has 1 spiro atoms. The van der Waals surface area contributed by atoms with Crippen LogP contribution in [0.5, 0.6) is 11.5 Å². The minimum absolute atomic E-state index is 0.0679. The summed E-state index contributed by atoms with van der Waals surface area (Å²) < 4.78 is 14.1. The highest BCUT2D eigenvalue weighted by molar-refractivity contribution is 5.99. The summed E-state index contributed by atoms with van der Waals surface area (Å²) in [6, 6.07) is 72.4. The Morgan fingerprint density at radius 2 is 1.02 bits per heavy atom. The Bertz CT molecular complexity index is 3250. The maximum Gasteiger partial charge on any atom is 0.173 e. The average Bonchev–Trinajstić information content (AvgIpc) is 3.84. The second kappa shape index (κ2) is 14.6. The number of hydrogen-bond acceptors (Lipinski definition) is 3. The van der Waals surface area contributed by atoms with Gasteiger partial charge >= 0.3 is 0 Å². The highest BCUT2D eigenvalue weighted by atomic mass is 16.6. The van der Waals surface area contributed by atoms with Gasteiger partial charge in [-0.2, -0.15) is 0 Å². The zero-order valence-electron chi connectivity index (χ0n) is 35.2. The molecule has 304 valence electrons. The Morgan fingerprint density at radius 3 is 1.69 bits per heavy atom. The third-order valence-corrected chi connectivity index (χ3v) is 14.0. The number of rotatable bonds is 6. The number of ether oxygens (including phenoxy) is 2. The standard InChI is InChI=1S/C61H43NO2/c1-3-15-40(16-4-1)41-27-31-44(32-28-41)62(45-33-29-43(30-34-45)48-20-8-7-19-47(48)42-17-5-2-6-18-42)46-35-37-56-58(39-46)63-57-38-36-55-59(60(57)64-56)51-23-11-14-26-54(51)61(55)52-24-12-9-21-49(52)50-22-10-13-25-53(50)61/h1-33,35,37,39,45H,34,36,38H2. The maximum absolute atomic E-state index is 7.10. The molecule has 0 saturated carbocycles. The lowest BCUT2D eigenvalue weighted by molar-refractivity contribution is 0.291. The van der Waals surface area contributed by atoms with Gasteiger partial charge in [0.05, 0.1) is 11.5 Å². The molecule has 0 fully saturated rings. The first-order chi connectivity index (χ1) is 31.7. The van der Waals surface area contributed by atoms with Crippen LogP contribution in [0.3, 0.4) is 0 Å². The second-order valence-electron chi connectivity index (χ2n) is 17.3. The van der Waals surface area contributed by atoms with Gasteiger partial charge in [-0.05, 0) is 109 Å². The van der Waals surface area contributed by atoms with E-state index < -0.39 is 0 Å². The fourth-order valence-corrected chi connectivity index (χ4v) is 11.3. The molecule has 3 heteroatoms. The summed E-state index contributed by atoms with van der Waals surface area (Å²) in [7, 11) is 0. The molecule has 0 radical (unpaired) electrons. The van der Waals surface area contributed by atoms with Crippen molar-refractivity contribution < 1.29 is 9.47 Å². The van der Waals surface area contributed by atoms with Gasteiger partial charge < -0.3 is 14.4 Å². The van der Waals surface area contributed by atoms with Crippen molar-refractivity contribution in [2.75, 3.05) is 4.90 Å². The first-order valence-electron chi connectivity index (χ1n) is 22.5. The summed E-state index contributed by atoms with van der Waals surface area (Å²) in [5.74, 6) is 3.23. The quantitative estimate of drug-likeness (QED) is 0.167. The first-order valence-corrected chi connectivity index (χ1v) is 22.5. The van der Waals surface area contributed by atoms with Gasteiger partial charge in [-0.1, -0.05) is 188 Å². The Kier molecular flexibility index (Phi) is 8.39. The van der Waals surface area contributed by atoms with Crippen molar-refractivity contribution in [1.29, 1.82) is 0 Å². The van der Waals surface area contributed by atoms with E-state index in [1.54, 1.807) is 0 Å². The van der Waals surface area contributed by atoms with Gasteiger partial charge in [0.25, 0.3) is 0 Å². The fraction of sp³-hybridized carbons (Fsp3) is 0.0820. The highest BCUT2D eigenvalue weighted by Gasteiger charge is 2.55. The molecule has 1 aliphatic heterocycles. The first kappa shape index (κ1) is 36.7.